The summed E-state index contributed by atoms with van der Waals surface area (Å²) in [5.74, 6) is 0.725. The third-order valence-electron chi connectivity index (χ3n) is 5.41. The summed E-state index contributed by atoms with van der Waals surface area (Å²) in [5, 5.41) is 13.4. The fraction of sp³-hybridized carbons (Fsp3) is 0.304. The van der Waals surface area contributed by atoms with Gasteiger partial charge in [-0.05, 0) is 62.2 Å². The molecule has 2 aromatic carbocycles. The van der Waals surface area contributed by atoms with Gasteiger partial charge in [-0.1, -0.05) is 41.0 Å². The lowest BCUT2D eigenvalue weighted by Crippen LogP contribution is -2.32. The van der Waals surface area contributed by atoms with E-state index >= 15 is 0 Å². The van der Waals surface area contributed by atoms with E-state index in [2.05, 4.69) is 15.5 Å². The summed E-state index contributed by atoms with van der Waals surface area (Å²) in [4.78, 5) is 27.4. The summed E-state index contributed by atoms with van der Waals surface area (Å²) in [6.07, 6.45) is 1.71. The predicted molar refractivity (Wildman–Crippen MR) is 131 cm³/mol. The molecule has 1 atom stereocenters. The second-order valence-electron chi connectivity index (χ2n) is 7.60. The molecule has 172 valence electrons. The van der Waals surface area contributed by atoms with Crippen molar-refractivity contribution in [2.24, 2.45) is 0 Å². The molecule has 0 saturated carbocycles. The number of halogens is 2. The van der Waals surface area contributed by atoms with Crippen molar-refractivity contribution >= 4 is 52.5 Å². The second kappa shape index (κ2) is 10.6. The Hall–Kier alpha value is -2.55. The summed E-state index contributed by atoms with van der Waals surface area (Å²) in [7, 11) is 0. The van der Waals surface area contributed by atoms with Gasteiger partial charge in [-0.3, -0.25) is 9.59 Å². The maximum absolute atomic E-state index is 13.1. The average Bonchev–Trinajstić information content (AvgIpc) is 3.44. The van der Waals surface area contributed by atoms with Crippen LogP contribution in [0.1, 0.15) is 42.0 Å². The summed E-state index contributed by atoms with van der Waals surface area (Å²) in [5.41, 5.74) is 1.24. The Balaban J connectivity index is 1.45. The average molecular weight is 504 g/mol. The van der Waals surface area contributed by atoms with E-state index in [-0.39, 0.29) is 23.6 Å². The Morgan fingerprint density at radius 3 is 2.64 bits per heavy atom. The van der Waals surface area contributed by atoms with E-state index in [4.69, 9.17) is 23.2 Å². The molecule has 1 unspecified atom stereocenters. The van der Waals surface area contributed by atoms with Crippen molar-refractivity contribution in [2.75, 3.05) is 17.6 Å². The zero-order valence-electron chi connectivity index (χ0n) is 18.0. The summed E-state index contributed by atoms with van der Waals surface area (Å²) in [6.45, 7) is 3.30. The van der Waals surface area contributed by atoms with Crippen LogP contribution in [0.3, 0.4) is 0 Å². The van der Waals surface area contributed by atoms with Gasteiger partial charge in [0, 0.05) is 34.4 Å². The maximum atomic E-state index is 13.1. The largest absolute Gasteiger partial charge is 0.328 e. The molecule has 1 fully saturated rings. The van der Waals surface area contributed by atoms with Gasteiger partial charge in [-0.25, -0.2) is 0 Å². The summed E-state index contributed by atoms with van der Waals surface area (Å²) >= 11 is 13.3. The molecule has 33 heavy (non-hydrogen) atoms. The zero-order valence-corrected chi connectivity index (χ0v) is 20.3. The number of likely N-dealkylation sites (tertiary alicyclic amines) is 1. The van der Waals surface area contributed by atoms with E-state index in [0.29, 0.717) is 39.5 Å². The van der Waals surface area contributed by atoms with Gasteiger partial charge in [-0.2, -0.15) is 0 Å². The first-order chi connectivity index (χ1) is 16.0. The standard InChI is InChI=1S/C23H23Cl2N5O2S/c1-2-29-21(19-7-4-12-30(19)22(32)15-8-10-16(24)11-9-15)27-28-23(29)33-14-20(31)26-18-6-3-5-17(25)13-18/h3,5-6,8-11,13,19H,2,4,7,12,14H2,1H3,(H,26,31). The lowest BCUT2D eigenvalue weighted by atomic mass is 10.1. The highest BCUT2D eigenvalue weighted by Crippen LogP contribution is 2.34. The van der Waals surface area contributed by atoms with Crippen LogP contribution in [0.4, 0.5) is 5.69 Å². The summed E-state index contributed by atoms with van der Waals surface area (Å²) in [6, 6.07) is 13.8. The number of hydrogen-bond acceptors (Lipinski definition) is 5. The number of nitrogens with zero attached hydrogens (tertiary/aromatic N) is 4. The molecule has 1 aliphatic heterocycles. The molecule has 10 heteroatoms. The third kappa shape index (κ3) is 5.51. The van der Waals surface area contributed by atoms with Crippen LogP contribution in [-0.2, 0) is 11.3 Å². The first-order valence-electron chi connectivity index (χ1n) is 10.6. The Morgan fingerprint density at radius 2 is 1.91 bits per heavy atom. The van der Waals surface area contributed by atoms with E-state index in [1.165, 1.54) is 11.8 Å². The molecule has 7 nitrogen and oxygen atoms in total. The van der Waals surface area contributed by atoms with Gasteiger partial charge >= 0.3 is 0 Å². The van der Waals surface area contributed by atoms with Crippen LogP contribution < -0.4 is 5.32 Å². The normalized spacial score (nSPS) is 15.6. The monoisotopic (exact) mass is 503 g/mol. The molecular formula is C23H23Cl2N5O2S. The lowest BCUT2D eigenvalue weighted by molar-refractivity contribution is -0.113. The highest BCUT2D eigenvalue weighted by atomic mass is 35.5. The number of aromatic nitrogens is 3. The Morgan fingerprint density at radius 1 is 1.12 bits per heavy atom. The number of anilines is 1. The number of amides is 2. The lowest BCUT2D eigenvalue weighted by Gasteiger charge is -2.24. The smallest absolute Gasteiger partial charge is 0.254 e. The highest BCUT2D eigenvalue weighted by molar-refractivity contribution is 7.99. The van der Waals surface area contributed by atoms with Crippen LogP contribution in [0.5, 0.6) is 0 Å². The molecule has 2 heterocycles. The molecule has 1 saturated heterocycles. The molecule has 0 radical (unpaired) electrons. The number of carbonyl (C=O) groups is 2. The van der Waals surface area contributed by atoms with E-state index in [1.54, 1.807) is 48.5 Å². The number of rotatable bonds is 7. The van der Waals surface area contributed by atoms with Crippen molar-refractivity contribution < 1.29 is 9.59 Å². The molecule has 1 aromatic heterocycles. The Bertz CT molecular complexity index is 1150. The number of thioether (sulfide) groups is 1. The molecule has 0 bridgehead atoms. The van der Waals surface area contributed by atoms with Crippen LogP contribution in [0, 0.1) is 0 Å². The van der Waals surface area contributed by atoms with Gasteiger partial charge in [0.05, 0.1) is 11.8 Å². The number of benzene rings is 2. The van der Waals surface area contributed by atoms with Gasteiger partial charge in [-0.15, -0.1) is 10.2 Å². The number of hydrogen-bond donors (Lipinski definition) is 1. The predicted octanol–water partition coefficient (Wildman–Crippen LogP) is 5.31. The fourth-order valence-electron chi connectivity index (χ4n) is 3.88. The van der Waals surface area contributed by atoms with Gasteiger partial charge in [0.1, 0.15) is 0 Å². The third-order valence-corrected chi connectivity index (χ3v) is 6.86. The molecule has 1 N–H and O–H groups in total. The van der Waals surface area contributed by atoms with Gasteiger partial charge in [0.25, 0.3) is 5.91 Å². The first-order valence-corrected chi connectivity index (χ1v) is 12.4. The first kappa shape index (κ1) is 23.6. The van der Waals surface area contributed by atoms with Crippen molar-refractivity contribution in [1.82, 2.24) is 19.7 Å². The minimum absolute atomic E-state index is 0.0464. The summed E-state index contributed by atoms with van der Waals surface area (Å²) < 4.78 is 1.98. The van der Waals surface area contributed by atoms with E-state index < -0.39 is 0 Å². The zero-order chi connectivity index (χ0) is 23.4. The molecule has 2 amide bonds. The van der Waals surface area contributed by atoms with Crippen molar-refractivity contribution in [1.29, 1.82) is 0 Å². The van der Waals surface area contributed by atoms with Crippen LogP contribution in [0.25, 0.3) is 0 Å². The van der Waals surface area contributed by atoms with E-state index in [0.717, 1.165) is 18.7 Å². The van der Waals surface area contributed by atoms with Crippen LogP contribution in [-0.4, -0.2) is 43.8 Å². The van der Waals surface area contributed by atoms with Gasteiger partial charge < -0.3 is 14.8 Å². The van der Waals surface area contributed by atoms with Crippen LogP contribution >= 0.6 is 35.0 Å². The quantitative estimate of drug-likeness (QED) is 0.441. The van der Waals surface area contributed by atoms with Crippen LogP contribution in [0.15, 0.2) is 53.7 Å². The molecule has 4 rings (SSSR count). The highest BCUT2D eigenvalue weighted by Gasteiger charge is 2.34. The van der Waals surface area contributed by atoms with E-state index in [1.807, 2.05) is 16.4 Å². The molecule has 3 aromatic rings. The number of nitrogens with one attached hydrogen (secondary N) is 1. The Kier molecular flexibility index (Phi) is 7.57. The topological polar surface area (TPSA) is 80.1 Å². The maximum Gasteiger partial charge on any atom is 0.254 e. The van der Waals surface area contributed by atoms with E-state index in [9.17, 15) is 9.59 Å². The molecule has 1 aliphatic rings. The molecule has 0 aliphatic carbocycles. The van der Waals surface area contributed by atoms with Crippen molar-refractivity contribution in [3.05, 3.63) is 70.0 Å². The van der Waals surface area contributed by atoms with Crippen molar-refractivity contribution in [3.63, 3.8) is 0 Å². The van der Waals surface area contributed by atoms with Crippen molar-refractivity contribution in [2.45, 2.75) is 37.5 Å². The van der Waals surface area contributed by atoms with Gasteiger partial charge in [0.2, 0.25) is 5.91 Å². The second-order valence-corrected chi connectivity index (χ2v) is 9.41. The van der Waals surface area contributed by atoms with Gasteiger partial charge in [0.15, 0.2) is 11.0 Å². The van der Waals surface area contributed by atoms with Crippen molar-refractivity contribution in [3.8, 4) is 0 Å². The Labute approximate surface area is 206 Å². The minimum Gasteiger partial charge on any atom is -0.328 e. The van der Waals surface area contributed by atoms with Crippen LogP contribution in [0.2, 0.25) is 10.0 Å². The SMILES string of the molecule is CCn1c(SCC(=O)Nc2cccc(Cl)c2)nnc1C1CCCN1C(=O)c1ccc(Cl)cc1. The molecule has 0 spiro atoms. The molecular weight excluding hydrogens is 481 g/mol. The number of carbonyl (C=O) groups excluding carboxylic acids is 2. The minimum atomic E-state index is -0.158. The fourth-order valence-corrected chi connectivity index (χ4v) is 5.01.